The van der Waals surface area contributed by atoms with E-state index in [1.54, 1.807) is 0 Å². The van der Waals surface area contributed by atoms with Crippen molar-refractivity contribution >= 4 is 17.6 Å². The van der Waals surface area contributed by atoms with Crippen LogP contribution in [0.15, 0.2) is 12.4 Å². The minimum atomic E-state index is -0.397. The summed E-state index contributed by atoms with van der Waals surface area (Å²) in [5.74, 6) is 5.38. The van der Waals surface area contributed by atoms with Gasteiger partial charge in [-0.25, -0.2) is 10.8 Å². The van der Waals surface area contributed by atoms with E-state index in [1.165, 1.54) is 12.4 Å². The van der Waals surface area contributed by atoms with Crippen LogP contribution in [0.25, 0.3) is 0 Å². The summed E-state index contributed by atoms with van der Waals surface area (Å²) in [6.07, 6.45) is 2.95. The summed E-state index contributed by atoms with van der Waals surface area (Å²) in [5.41, 5.74) is 2.45. The van der Waals surface area contributed by atoms with Gasteiger partial charge in [-0.2, -0.15) is 0 Å². The van der Waals surface area contributed by atoms with E-state index >= 15 is 0 Å². The number of anilines is 1. The highest BCUT2D eigenvalue weighted by Gasteiger charge is 2.09. The van der Waals surface area contributed by atoms with Crippen LogP contribution in [0.1, 0.15) is 30.8 Å². The van der Waals surface area contributed by atoms with Crippen molar-refractivity contribution in [1.29, 1.82) is 0 Å². The van der Waals surface area contributed by atoms with Gasteiger partial charge >= 0.3 is 0 Å². The number of carbonyl (C=O) groups excluding carboxylic acids is 2. The Morgan fingerprint density at radius 3 is 2.70 bits per heavy atom. The van der Waals surface area contributed by atoms with Gasteiger partial charge in [-0.05, 0) is 5.92 Å². The fraction of sp³-hybridized carbons (Fsp3) is 0.500. The van der Waals surface area contributed by atoms with Gasteiger partial charge in [0.05, 0.1) is 12.4 Å². The quantitative estimate of drug-likeness (QED) is 0.400. The number of nitrogens with one attached hydrogen (secondary N) is 3. The summed E-state index contributed by atoms with van der Waals surface area (Å²) in [6, 6.07) is 0. The smallest absolute Gasteiger partial charge is 0.271 e. The molecule has 0 aliphatic rings. The lowest BCUT2D eigenvalue weighted by Gasteiger charge is -2.08. The summed E-state index contributed by atoms with van der Waals surface area (Å²) >= 11 is 0. The Kier molecular flexibility index (Phi) is 6.38. The van der Waals surface area contributed by atoms with Crippen molar-refractivity contribution in [2.45, 2.75) is 20.3 Å². The summed E-state index contributed by atoms with van der Waals surface area (Å²) in [4.78, 5) is 31.0. The molecule has 1 aromatic heterocycles. The normalized spacial score (nSPS) is 10.2. The Hall–Kier alpha value is -2.22. The van der Waals surface area contributed by atoms with Crippen LogP contribution in [-0.2, 0) is 4.79 Å². The molecule has 5 N–H and O–H groups in total. The highest BCUT2D eigenvalue weighted by Crippen LogP contribution is 1.99. The number of nitrogen functional groups attached to an aromatic ring is 1. The maximum atomic E-state index is 11.7. The third-order valence-corrected chi connectivity index (χ3v) is 2.36. The monoisotopic (exact) mass is 280 g/mol. The molecule has 1 heterocycles. The molecule has 0 saturated carbocycles. The third kappa shape index (κ3) is 5.61. The van der Waals surface area contributed by atoms with Crippen molar-refractivity contribution in [2.75, 3.05) is 18.5 Å². The fourth-order valence-electron chi connectivity index (χ4n) is 1.33. The second kappa shape index (κ2) is 8.05. The zero-order valence-electron chi connectivity index (χ0n) is 11.6. The molecule has 0 atom stereocenters. The van der Waals surface area contributed by atoms with Crippen LogP contribution in [0.5, 0.6) is 0 Å². The molecule has 110 valence electrons. The molecule has 0 unspecified atom stereocenters. The lowest BCUT2D eigenvalue weighted by molar-refractivity contribution is -0.121. The van der Waals surface area contributed by atoms with E-state index in [1.807, 2.05) is 13.8 Å². The molecule has 1 rings (SSSR count). The van der Waals surface area contributed by atoms with Crippen LogP contribution in [0.4, 0.5) is 5.82 Å². The minimum absolute atomic E-state index is 0.0949. The largest absolute Gasteiger partial charge is 0.356 e. The maximum Gasteiger partial charge on any atom is 0.271 e. The first kappa shape index (κ1) is 15.8. The van der Waals surface area contributed by atoms with Crippen molar-refractivity contribution in [3.63, 3.8) is 0 Å². The number of amides is 2. The lowest BCUT2D eigenvalue weighted by Crippen LogP contribution is -2.32. The van der Waals surface area contributed by atoms with Crippen LogP contribution < -0.4 is 21.9 Å². The van der Waals surface area contributed by atoms with E-state index in [2.05, 4.69) is 26.0 Å². The van der Waals surface area contributed by atoms with Crippen molar-refractivity contribution in [1.82, 2.24) is 20.6 Å². The molecule has 2 amide bonds. The topological polar surface area (TPSA) is 122 Å². The summed E-state index contributed by atoms with van der Waals surface area (Å²) in [6.45, 7) is 4.89. The molecule has 0 radical (unpaired) electrons. The predicted molar refractivity (Wildman–Crippen MR) is 74.6 cm³/mol. The zero-order valence-corrected chi connectivity index (χ0v) is 11.6. The predicted octanol–water partition coefficient (Wildman–Crippen LogP) is -0.346. The van der Waals surface area contributed by atoms with Gasteiger partial charge < -0.3 is 16.1 Å². The van der Waals surface area contributed by atoms with Crippen molar-refractivity contribution in [3.05, 3.63) is 18.1 Å². The Labute approximate surface area is 117 Å². The second-order valence-electron chi connectivity index (χ2n) is 4.64. The molecule has 1 aromatic rings. The molecule has 0 bridgehead atoms. The van der Waals surface area contributed by atoms with Gasteiger partial charge in [0.15, 0.2) is 5.82 Å². The van der Waals surface area contributed by atoms with Crippen LogP contribution >= 0.6 is 0 Å². The molecule has 20 heavy (non-hydrogen) atoms. The van der Waals surface area contributed by atoms with E-state index in [-0.39, 0.29) is 24.6 Å². The van der Waals surface area contributed by atoms with E-state index < -0.39 is 5.91 Å². The Balaban J connectivity index is 2.34. The zero-order chi connectivity index (χ0) is 15.0. The fourth-order valence-corrected chi connectivity index (χ4v) is 1.33. The Morgan fingerprint density at radius 1 is 1.30 bits per heavy atom. The van der Waals surface area contributed by atoms with Crippen LogP contribution in [0.3, 0.4) is 0 Å². The van der Waals surface area contributed by atoms with Crippen molar-refractivity contribution in [3.8, 4) is 0 Å². The minimum Gasteiger partial charge on any atom is -0.356 e. The van der Waals surface area contributed by atoms with E-state index in [0.717, 1.165) is 0 Å². The van der Waals surface area contributed by atoms with E-state index in [9.17, 15) is 9.59 Å². The maximum absolute atomic E-state index is 11.7. The second-order valence-corrected chi connectivity index (χ2v) is 4.64. The van der Waals surface area contributed by atoms with Gasteiger partial charge in [-0.15, -0.1) is 0 Å². The molecule has 8 nitrogen and oxygen atoms in total. The lowest BCUT2D eigenvalue weighted by atomic mass is 10.2. The Bertz CT molecular complexity index is 463. The molecule has 0 saturated heterocycles. The number of aromatic nitrogens is 2. The molecule has 0 spiro atoms. The standard InChI is InChI=1S/C12H20N6O2/c1-8(2)5-16-11(19)3-4-15-12(20)9-6-14-7-10(17-9)18-13/h6-8H,3-5,13H2,1-2H3,(H,15,20)(H,16,19)(H,17,18). The van der Waals surface area contributed by atoms with Crippen molar-refractivity contribution < 1.29 is 9.59 Å². The molecular formula is C12H20N6O2. The first-order valence-electron chi connectivity index (χ1n) is 6.36. The van der Waals surface area contributed by atoms with Gasteiger partial charge in [-0.1, -0.05) is 13.8 Å². The van der Waals surface area contributed by atoms with Crippen LogP contribution in [0.2, 0.25) is 0 Å². The number of rotatable bonds is 7. The number of hydrazine groups is 1. The number of hydrogen-bond acceptors (Lipinski definition) is 6. The van der Waals surface area contributed by atoms with Crippen molar-refractivity contribution in [2.24, 2.45) is 11.8 Å². The molecule has 0 aromatic carbocycles. The summed E-state index contributed by atoms with van der Waals surface area (Å²) in [7, 11) is 0. The average molecular weight is 280 g/mol. The molecule has 0 aliphatic heterocycles. The SMILES string of the molecule is CC(C)CNC(=O)CCNC(=O)c1cncc(NN)n1. The van der Waals surface area contributed by atoms with Gasteiger partial charge in [0, 0.05) is 19.5 Å². The first-order chi connectivity index (χ1) is 9.52. The number of hydrogen-bond donors (Lipinski definition) is 4. The number of nitrogens with zero attached hydrogens (tertiary/aromatic N) is 2. The van der Waals surface area contributed by atoms with Crippen LogP contribution in [-0.4, -0.2) is 34.9 Å². The van der Waals surface area contributed by atoms with Gasteiger partial charge in [0.1, 0.15) is 5.69 Å². The summed E-state index contributed by atoms with van der Waals surface area (Å²) < 4.78 is 0. The van der Waals surface area contributed by atoms with E-state index in [0.29, 0.717) is 18.3 Å². The molecular weight excluding hydrogens is 260 g/mol. The van der Waals surface area contributed by atoms with Gasteiger partial charge in [0.25, 0.3) is 5.91 Å². The van der Waals surface area contributed by atoms with Gasteiger partial charge in [0.2, 0.25) is 5.91 Å². The highest BCUT2D eigenvalue weighted by molar-refractivity contribution is 5.92. The Morgan fingerprint density at radius 2 is 2.05 bits per heavy atom. The molecule has 0 aliphatic carbocycles. The van der Waals surface area contributed by atoms with Gasteiger partial charge in [-0.3, -0.25) is 14.6 Å². The molecule has 8 heteroatoms. The van der Waals surface area contributed by atoms with E-state index in [4.69, 9.17) is 5.84 Å². The molecule has 0 fully saturated rings. The number of carbonyl (C=O) groups is 2. The highest BCUT2D eigenvalue weighted by atomic mass is 16.2. The summed E-state index contributed by atoms with van der Waals surface area (Å²) in [5, 5.41) is 5.37. The number of nitrogens with two attached hydrogens (primary N) is 1. The third-order valence-electron chi connectivity index (χ3n) is 2.36. The average Bonchev–Trinajstić information content (AvgIpc) is 2.45. The van der Waals surface area contributed by atoms with Crippen LogP contribution in [0, 0.1) is 5.92 Å². The first-order valence-corrected chi connectivity index (χ1v) is 6.36.